The van der Waals surface area contributed by atoms with Crippen molar-refractivity contribution in [2.75, 3.05) is 18.9 Å². The van der Waals surface area contributed by atoms with Crippen molar-refractivity contribution in [3.63, 3.8) is 0 Å². The lowest BCUT2D eigenvalue weighted by molar-refractivity contribution is 0.133. The Hall–Kier alpha value is -1.18. The Morgan fingerprint density at radius 2 is 2.17 bits per heavy atom. The predicted octanol–water partition coefficient (Wildman–Crippen LogP) is 1.11. The summed E-state index contributed by atoms with van der Waals surface area (Å²) in [6.45, 7) is 4.12. The van der Waals surface area contributed by atoms with Gasteiger partial charge in [0.25, 0.3) is 0 Å². The lowest BCUT2D eigenvalue weighted by atomic mass is 10.3. The number of ether oxygens (including phenoxy) is 1. The minimum Gasteiger partial charge on any atom is -0.398 e. The molecule has 1 aromatic carbocycles. The Labute approximate surface area is 106 Å². The van der Waals surface area contributed by atoms with E-state index in [0.717, 1.165) is 6.07 Å². The molecule has 1 aromatic rings. The monoisotopic (exact) mass is 276 g/mol. The van der Waals surface area contributed by atoms with Crippen LogP contribution in [0.5, 0.6) is 0 Å². The van der Waals surface area contributed by atoms with Crippen LogP contribution in [-0.4, -0.2) is 27.7 Å². The van der Waals surface area contributed by atoms with Crippen molar-refractivity contribution >= 4 is 15.7 Å². The van der Waals surface area contributed by atoms with Gasteiger partial charge < -0.3 is 10.5 Å². The second kappa shape index (κ2) is 6.12. The van der Waals surface area contributed by atoms with Crippen LogP contribution in [0.3, 0.4) is 0 Å². The van der Waals surface area contributed by atoms with E-state index in [1.807, 2.05) is 0 Å². The highest BCUT2D eigenvalue weighted by Gasteiger charge is 2.23. The number of benzene rings is 1. The van der Waals surface area contributed by atoms with Gasteiger partial charge in [-0.15, -0.1) is 0 Å². The maximum absolute atomic E-state index is 13.5. The summed E-state index contributed by atoms with van der Waals surface area (Å²) >= 11 is 0. The summed E-state index contributed by atoms with van der Waals surface area (Å²) < 4.78 is 44.8. The molecule has 5 nitrogen and oxygen atoms in total. The van der Waals surface area contributed by atoms with Crippen LogP contribution in [0.1, 0.15) is 13.8 Å². The molecular formula is C11H17FN2O3S. The molecule has 0 aliphatic carbocycles. The van der Waals surface area contributed by atoms with Gasteiger partial charge in [0.2, 0.25) is 10.0 Å². The molecule has 0 spiro atoms. The summed E-state index contributed by atoms with van der Waals surface area (Å²) in [6.07, 6.45) is 0. The summed E-state index contributed by atoms with van der Waals surface area (Å²) in [5.74, 6) is -0.869. The topological polar surface area (TPSA) is 81.4 Å². The molecule has 1 unspecified atom stereocenters. The molecule has 0 radical (unpaired) electrons. The highest BCUT2D eigenvalue weighted by atomic mass is 32.2. The fraction of sp³-hybridized carbons (Fsp3) is 0.455. The Kier molecular flexibility index (Phi) is 5.06. The Balaban J connectivity index is 2.93. The van der Waals surface area contributed by atoms with E-state index in [1.165, 1.54) is 12.1 Å². The van der Waals surface area contributed by atoms with Crippen LogP contribution in [0.4, 0.5) is 10.1 Å². The van der Waals surface area contributed by atoms with E-state index in [1.54, 1.807) is 13.8 Å². The highest BCUT2D eigenvalue weighted by molar-refractivity contribution is 7.89. The third-order valence-corrected chi connectivity index (χ3v) is 3.88. The van der Waals surface area contributed by atoms with E-state index >= 15 is 0 Å². The van der Waals surface area contributed by atoms with Crippen LogP contribution in [-0.2, 0) is 14.8 Å². The fourth-order valence-corrected chi connectivity index (χ4v) is 2.88. The van der Waals surface area contributed by atoms with Gasteiger partial charge >= 0.3 is 0 Å². The third kappa shape index (κ3) is 3.66. The summed E-state index contributed by atoms with van der Waals surface area (Å²) in [4.78, 5) is -0.520. The van der Waals surface area contributed by atoms with E-state index in [0.29, 0.717) is 6.61 Å². The molecule has 102 valence electrons. The fourth-order valence-electron chi connectivity index (χ4n) is 1.46. The van der Waals surface area contributed by atoms with Crippen molar-refractivity contribution in [1.29, 1.82) is 0 Å². The first-order valence-corrected chi connectivity index (χ1v) is 7.01. The van der Waals surface area contributed by atoms with Crippen LogP contribution in [0.25, 0.3) is 0 Å². The van der Waals surface area contributed by atoms with Gasteiger partial charge in [-0.3, -0.25) is 0 Å². The number of halogens is 1. The lowest BCUT2D eigenvalue weighted by Crippen LogP contribution is -2.36. The van der Waals surface area contributed by atoms with Gasteiger partial charge in [0.1, 0.15) is 10.7 Å². The number of nitrogens with two attached hydrogens (primary N) is 1. The minimum absolute atomic E-state index is 0.119. The van der Waals surface area contributed by atoms with Crippen LogP contribution in [0.15, 0.2) is 23.1 Å². The number of anilines is 1. The zero-order chi connectivity index (χ0) is 13.8. The maximum atomic E-state index is 13.5. The van der Waals surface area contributed by atoms with Gasteiger partial charge in [0.15, 0.2) is 0 Å². The minimum atomic E-state index is -3.98. The van der Waals surface area contributed by atoms with Crippen molar-refractivity contribution in [2.45, 2.75) is 24.8 Å². The van der Waals surface area contributed by atoms with Crippen molar-refractivity contribution in [2.24, 2.45) is 0 Å². The summed E-state index contributed by atoms with van der Waals surface area (Å²) in [5.41, 5.74) is 5.37. The number of hydrogen-bond donors (Lipinski definition) is 2. The van der Waals surface area contributed by atoms with Gasteiger partial charge in [-0.1, -0.05) is 6.07 Å². The average Bonchev–Trinajstić information content (AvgIpc) is 2.25. The van der Waals surface area contributed by atoms with Crippen LogP contribution in [0, 0.1) is 5.82 Å². The zero-order valence-electron chi connectivity index (χ0n) is 10.3. The van der Waals surface area contributed by atoms with Gasteiger partial charge in [0.05, 0.1) is 12.3 Å². The zero-order valence-corrected chi connectivity index (χ0v) is 11.1. The molecule has 0 aromatic heterocycles. The molecule has 0 saturated carbocycles. The van der Waals surface area contributed by atoms with E-state index in [4.69, 9.17) is 10.5 Å². The van der Waals surface area contributed by atoms with Crippen molar-refractivity contribution in [1.82, 2.24) is 4.72 Å². The largest absolute Gasteiger partial charge is 0.398 e. The lowest BCUT2D eigenvalue weighted by Gasteiger charge is -2.15. The second-order valence-corrected chi connectivity index (χ2v) is 5.49. The number of hydrogen-bond acceptors (Lipinski definition) is 4. The van der Waals surface area contributed by atoms with E-state index in [2.05, 4.69) is 4.72 Å². The molecule has 7 heteroatoms. The smallest absolute Gasteiger partial charge is 0.245 e. The van der Waals surface area contributed by atoms with Crippen molar-refractivity contribution in [3.05, 3.63) is 24.0 Å². The normalized spacial score (nSPS) is 13.5. The summed E-state index contributed by atoms with van der Waals surface area (Å²) in [6, 6.07) is 3.28. The third-order valence-electron chi connectivity index (χ3n) is 2.19. The van der Waals surface area contributed by atoms with Gasteiger partial charge in [-0.2, -0.15) is 0 Å². The average molecular weight is 276 g/mol. The SMILES string of the molecule is CCOCC(C)NS(=O)(=O)c1c(N)cccc1F. The molecular weight excluding hydrogens is 259 g/mol. The van der Waals surface area contributed by atoms with Gasteiger partial charge in [-0.25, -0.2) is 17.5 Å². The molecule has 0 aliphatic heterocycles. The first kappa shape index (κ1) is 14.9. The summed E-state index contributed by atoms with van der Waals surface area (Å²) in [5, 5.41) is 0. The number of nitrogen functional groups attached to an aromatic ring is 1. The Morgan fingerprint density at radius 1 is 1.50 bits per heavy atom. The first-order valence-electron chi connectivity index (χ1n) is 5.52. The molecule has 0 aliphatic rings. The van der Waals surface area contributed by atoms with Gasteiger partial charge in [-0.05, 0) is 26.0 Å². The van der Waals surface area contributed by atoms with Crippen LogP contribution < -0.4 is 10.5 Å². The molecule has 0 heterocycles. The molecule has 1 rings (SSSR count). The van der Waals surface area contributed by atoms with Crippen LogP contribution >= 0.6 is 0 Å². The Morgan fingerprint density at radius 3 is 2.72 bits per heavy atom. The highest BCUT2D eigenvalue weighted by Crippen LogP contribution is 2.21. The van der Waals surface area contributed by atoms with Crippen LogP contribution in [0.2, 0.25) is 0 Å². The molecule has 1 atom stereocenters. The molecule has 0 bridgehead atoms. The number of rotatable bonds is 6. The quantitative estimate of drug-likeness (QED) is 0.763. The standard InChI is InChI=1S/C11H17FN2O3S/c1-3-17-7-8(2)14-18(15,16)11-9(12)5-4-6-10(11)13/h4-6,8,14H,3,7,13H2,1-2H3. The molecule has 3 N–H and O–H groups in total. The number of nitrogens with one attached hydrogen (secondary N) is 1. The van der Waals surface area contributed by atoms with Crippen molar-refractivity contribution < 1.29 is 17.5 Å². The maximum Gasteiger partial charge on any atom is 0.245 e. The molecule has 18 heavy (non-hydrogen) atoms. The number of sulfonamides is 1. The second-order valence-electron chi connectivity index (χ2n) is 3.84. The molecule has 0 fully saturated rings. The van der Waals surface area contributed by atoms with E-state index in [9.17, 15) is 12.8 Å². The molecule has 0 saturated heterocycles. The van der Waals surface area contributed by atoms with E-state index in [-0.39, 0.29) is 12.3 Å². The molecule has 0 amide bonds. The van der Waals surface area contributed by atoms with Gasteiger partial charge in [0, 0.05) is 12.6 Å². The van der Waals surface area contributed by atoms with Crippen molar-refractivity contribution in [3.8, 4) is 0 Å². The van der Waals surface area contributed by atoms with E-state index < -0.39 is 26.8 Å². The summed E-state index contributed by atoms with van der Waals surface area (Å²) in [7, 11) is -3.98. The Bertz CT molecular complexity index is 485. The predicted molar refractivity (Wildman–Crippen MR) is 67.1 cm³/mol. The first-order chi connectivity index (χ1) is 8.38.